The summed E-state index contributed by atoms with van der Waals surface area (Å²) >= 11 is 3.25. The van der Waals surface area contributed by atoms with Gasteiger partial charge in [0, 0.05) is 17.6 Å². The van der Waals surface area contributed by atoms with Crippen molar-refractivity contribution in [3.05, 3.63) is 34.1 Å². The molecule has 1 aromatic rings. The van der Waals surface area contributed by atoms with Gasteiger partial charge in [0.05, 0.1) is 12.0 Å². The Labute approximate surface area is 151 Å². The van der Waals surface area contributed by atoms with Crippen LogP contribution in [0.25, 0.3) is 0 Å². The third kappa shape index (κ3) is 6.86. The number of halogens is 2. The smallest absolute Gasteiger partial charge is 0.224 e. The zero-order valence-electron chi connectivity index (χ0n) is 14.5. The van der Waals surface area contributed by atoms with Crippen molar-refractivity contribution in [1.29, 1.82) is 0 Å². The highest BCUT2D eigenvalue weighted by molar-refractivity contribution is 9.10. The first-order valence-electron chi connectivity index (χ1n) is 8.02. The van der Waals surface area contributed by atoms with E-state index in [9.17, 15) is 9.18 Å². The van der Waals surface area contributed by atoms with E-state index in [1.807, 2.05) is 13.0 Å². The van der Waals surface area contributed by atoms with E-state index < -0.39 is 5.41 Å². The first kappa shape index (κ1) is 20.4. The molecule has 5 nitrogen and oxygen atoms in total. The highest BCUT2D eigenvalue weighted by atomic mass is 79.9. The fraction of sp³-hybridized carbons (Fsp3) is 0.529. The van der Waals surface area contributed by atoms with E-state index in [0.717, 1.165) is 10.9 Å². The number of primary amides is 1. The molecule has 0 saturated heterocycles. The summed E-state index contributed by atoms with van der Waals surface area (Å²) < 4.78 is 14.5. The number of hydrogen-bond donors (Lipinski definition) is 3. The third-order valence-electron chi connectivity index (χ3n) is 3.57. The van der Waals surface area contributed by atoms with Gasteiger partial charge in [0.25, 0.3) is 0 Å². The molecule has 0 aliphatic carbocycles. The van der Waals surface area contributed by atoms with E-state index >= 15 is 0 Å². The van der Waals surface area contributed by atoms with Crippen LogP contribution in [-0.2, 0) is 11.2 Å². The van der Waals surface area contributed by atoms with Gasteiger partial charge in [-0.3, -0.25) is 9.79 Å². The fourth-order valence-corrected chi connectivity index (χ4v) is 2.24. The SMILES string of the molecule is CCNC(=NCC(C)(C)C(N)=O)NCCCc1ccc(Br)cc1F. The molecule has 1 aromatic carbocycles. The average Bonchev–Trinajstić information content (AvgIpc) is 2.50. The highest BCUT2D eigenvalue weighted by Gasteiger charge is 2.24. The molecule has 4 N–H and O–H groups in total. The molecule has 0 spiro atoms. The second-order valence-electron chi connectivity index (χ2n) is 6.21. The van der Waals surface area contributed by atoms with Crippen molar-refractivity contribution in [2.24, 2.45) is 16.1 Å². The molecule has 0 saturated carbocycles. The number of carbonyl (C=O) groups excluding carboxylic acids is 1. The van der Waals surface area contributed by atoms with Crippen LogP contribution in [0, 0.1) is 11.2 Å². The van der Waals surface area contributed by atoms with Gasteiger partial charge in [-0.15, -0.1) is 0 Å². The number of aliphatic imine (C=N–C) groups is 1. The molecule has 0 aliphatic heterocycles. The maximum Gasteiger partial charge on any atom is 0.224 e. The van der Waals surface area contributed by atoms with Crippen LogP contribution in [0.5, 0.6) is 0 Å². The second-order valence-corrected chi connectivity index (χ2v) is 7.13. The number of rotatable bonds is 8. The van der Waals surface area contributed by atoms with Crippen LogP contribution in [0.1, 0.15) is 32.8 Å². The lowest BCUT2D eigenvalue weighted by Gasteiger charge is -2.19. The summed E-state index contributed by atoms with van der Waals surface area (Å²) in [4.78, 5) is 15.7. The molecule has 0 aliphatic rings. The maximum atomic E-state index is 13.8. The topological polar surface area (TPSA) is 79.5 Å². The van der Waals surface area contributed by atoms with Gasteiger partial charge in [-0.25, -0.2) is 4.39 Å². The van der Waals surface area contributed by atoms with Crippen LogP contribution in [-0.4, -0.2) is 31.5 Å². The molecule has 1 amide bonds. The molecule has 0 radical (unpaired) electrons. The van der Waals surface area contributed by atoms with Gasteiger partial charge in [0.1, 0.15) is 5.82 Å². The van der Waals surface area contributed by atoms with Crippen LogP contribution in [0.2, 0.25) is 0 Å². The average molecular weight is 401 g/mol. The lowest BCUT2D eigenvalue weighted by atomic mass is 9.93. The largest absolute Gasteiger partial charge is 0.369 e. The first-order valence-corrected chi connectivity index (χ1v) is 8.81. The van der Waals surface area contributed by atoms with E-state index in [1.54, 1.807) is 19.9 Å². The van der Waals surface area contributed by atoms with E-state index in [0.29, 0.717) is 37.6 Å². The summed E-state index contributed by atoms with van der Waals surface area (Å²) in [6.45, 7) is 7.16. The zero-order chi connectivity index (χ0) is 18.2. The van der Waals surface area contributed by atoms with Crippen molar-refractivity contribution in [3.63, 3.8) is 0 Å². The number of amides is 1. The minimum atomic E-state index is -0.692. The number of nitrogens with one attached hydrogen (secondary N) is 2. The molecule has 0 bridgehead atoms. The Bertz CT molecular complexity index is 590. The predicted molar refractivity (Wildman–Crippen MR) is 99.4 cm³/mol. The molecule has 134 valence electrons. The first-order chi connectivity index (χ1) is 11.3. The minimum Gasteiger partial charge on any atom is -0.369 e. The number of nitrogens with zero attached hydrogens (tertiary/aromatic N) is 1. The summed E-state index contributed by atoms with van der Waals surface area (Å²) in [7, 11) is 0. The monoisotopic (exact) mass is 400 g/mol. The number of benzene rings is 1. The van der Waals surface area contributed by atoms with Crippen molar-refractivity contribution in [3.8, 4) is 0 Å². The van der Waals surface area contributed by atoms with Gasteiger partial charge < -0.3 is 16.4 Å². The van der Waals surface area contributed by atoms with Crippen LogP contribution >= 0.6 is 15.9 Å². The Balaban J connectivity index is 2.50. The van der Waals surface area contributed by atoms with Crippen LogP contribution in [0.15, 0.2) is 27.7 Å². The molecule has 7 heteroatoms. The van der Waals surface area contributed by atoms with Gasteiger partial charge in [-0.05, 0) is 51.3 Å². The Morgan fingerprint density at radius 3 is 2.67 bits per heavy atom. The van der Waals surface area contributed by atoms with E-state index in [2.05, 4.69) is 31.6 Å². The maximum absolute atomic E-state index is 13.8. The number of hydrogen-bond acceptors (Lipinski definition) is 2. The number of nitrogens with two attached hydrogens (primary N) is 1. The van der Waals surface area contributed by atoms with E-state index in [4.69, 9.17) is 5.73 Å². The predicted octanol–water partition coefficient (Wildman–Crippen LogP) is 2.59. The fourth-order valence-electron chi connectivity index (χ4n) is 1.91. The molecule has 0 fully saturated rings. The van der Waals surface area contributed by atoms with E-state index in [1.165, 1.54) is 6.07 Å². The van der Waals surface area contributed by atoms with Crippen LogP contribution in [0.3, 0.4) is 0 Å². The van der Waals surface area contributed by atoms with Crippen molar-refractivity contribution >= 4 is 27.8 Å². The van der Waals surface area contributed by atoms with Crippen molar-refractivity contribution in [1.82, 2.24) is 10.6 Å². The van der Waals surface area contributed by atoms with Gasteiger partial charge in [-0.2, -0.15) is 0 Å². The van der Waals surface area contributed by atoms with Gasteiger partial charge in [-0.1, -0.05) is 22.0 Å². The quantitative estimate of drug-likeness (QED) is 0.356. The molecular formula is C17H26BrFN4O. The summed E-state index contributed by atoms with van der Waals surface area (Å²) in [6.07, 6.45) is 1.40. The van der Waals surface area contributed by atoms with Crippen molar-refractivity contribution in [2.75, 3.05) is 19.6 Å². The third-order valence-corrected chi connectivity index (χ3v) is 4.07. The second kappa shape index (κ2) is 9.61. The van der Waals surface area contributed by atoms with Crippen LogP contribution < -0.4 is 16.4 Å². The lowest BCUT2D eigenvalue weighted by molar-refractivity contribution is -0.125. The number of aryl methyl sites for hydroxylation is 1. The highest BCUT2D eigenvalue weighted by Crippen LogP contribution is 2.16. The van der Waals surface area contributed by atoms with E-state index in [-0.39, 0.29) is 11.7 Å². The lowest BCUT2D eigenvalue weighted by Crippen LogP contribution is -2.40. The zero-order valence-corrected chi connectivity index (χ0v) is 16.0. The Kier molecular flexibility index (Phi) is 8.18. The Morgan fingerprint density at radius 2 is 2.08 bits per heavy atom. The normalized spacial score (nSPS) is 12.1. The number of carbonyl (C=O) groups is 1. The van der Waals surface area contributed by atoms with Gasteiger partial charge in [0.15, 0.2) is 5.96 Å². The molecule has 0 atom stereocenters. The Hall–Kier alpha value is -1.63. The minimum absolute atomic E-state index is 0.201. The molecule has 0 heterocycles. The summed E-state index contributed by atoms with van der Waals surface area (Å²) in [5.41, 5.74) is 5.35. The van der Waals surface area contributed by atoms with Gasteiger partial charge >= 0.3 is 0 Å². The summed E-state index contributed by atoms with van der Waals surface area (Å²) in [5, 5.41) is 6.31. The molecular weight excluding hydrogens is 375 g/mol. The molecule has 1 rings (SSSR count). The molecule has 24 heavy (non-hydrogen) atoms. The standard InChI is InChI=1S/C17H26BrFN4O/c1-4-21-16(23-11-17(2,3)15(20)24)22-9-5-6-12-7-8-13(18)10-14(12)19/h7-8,10H,4-6,9,11H2,1-3H3,(H2,20,24)(H2,21,22,23). The van der Waals surface area contributed by atoms with Crippen molar-refractivity contribution < 1.29 is 9.18 Å². The molecule has 0 unspecified atom stereocenters. The summed E-state index contributed by atoms with van der Waals surface area (Å²) in [6, 6.07) is 5.09. The number of guanidine groups is 1. The summed E-state index contributed by atoms with van der Waals surface area (Å²) in [5.74, 6) is 0.0454. The van der Waals surface area contributed by atoms with Crippen molar-refractivity contribution in [2.45, 2.75) is 33.6 Å². The van der Waals surface area contributed by atoms with Gasteiger partial charge in [0.2, 0.25) is 5.91 Å². The van der Waals surface area contributed by atoms with Crippen LogP contribution in [0.4, 0.5) is 4.39 Å². The Morgan fingerprint density at radius 1 is 1.38 bits per heavy atom. The molecule has 0 aromatic heterocycles.